The molecule has 0 heterocycles. The van der Waals surface area contributed by atoms with Crippen molar-refractivity contribution in [3.8, 4) is 0 Å². The van der Waals surface area contributed by atoms with Gasteiger partial charge in [0, 0.05) is 0 Å². The SMILES string of the molecule is CCP(CC)CCCP(C)CCCP(CC)CC. The van der Waals surface area contributed by atoms with E-state index in [1.54, 1.807) is 24.6 Å². The molecular formula is C15H35P3. The predicted octanol–water partition coefficient (Wildman–Crippen LogP) is 5.92. The maximum Gasteiger partial charge on any atom is -0.0323 e. The molecule has 0 aromatic carbocycles. The second-order valence-electron chi connectivity index (χ2n) is 5.06. The van der Waals surface area contributed by atoms with Crippen molar-refractivity contribution in [1.82, 2.24) is 0 Å². The lowest BCUT2D eigenvalue weighted by Crippen LogP contribution is -1.97. The van der Waals surface area contributed by atoms with Crippen LogP contribution in [0.3, 0.4) is 0 Å². The van der Waals surface area contributed by atoms with E-state index >= 15 is 0 Å². The van der Waals surface area contributed by atoms with Crippen LogP contribution in [-0.2, 0) is 0 Å². The van der Waals surface area contributed by atoms with Crippen molar-refractivity contribution in [2.75, 3.05) is 56.0 Å². The van der Waals surface area contributed by atoms with Crippen LogP contribution in [-0.4, -0.2) is 56.0 Å². The lowest BCUT2D eigenvalue weighted by atomic mass is 10.6. The van der Waals surface area contributed by atoms with E-state index in [0.29, 0.717) is 23.8 Å². The van der Waals surface area contributed by atoms with Crippen LogP contribution in [0.2, 0.25) is 0 Å². The molecule has 0 saturated heterocycles. The summed E-state index contributed by atoms with van der Waals surface area (Å²) in [4.78, 5) is 0. The molecule has 0 saturated carbocycles. The van der Waals surface area contributed by atoms with E-state index in [1.807, 2.05) is 0 Å². The first-order chi connectivity index (χ1) is 8.67. The minimum atomic E-state index is 0.359. The molecule has 110 valence electrons. The summed E-state index contributed by atoms with van der Waals surface area (Å²) in [5.41, 5.74) is 0. The predicted molar refractivity (Wildman–Crippen MR) is 97.6 cm³/mol. The summed E-state index contributed by atoms with van der Waals surface area (Å²) in [6, 6.07) is 0. The molecule has 0 aliphatic rings. The molecule has 0 fully saturated rings. The fourth-order valence-corrected chi connectivity index (χ4v) is 7.81. The van der Waals surface area contributed by atoms with Crippen molar-refractivity contribution in [2.24, 2.45) is 0 Å². The summed E-state index contributed by atoms with van der Waals surface area (Å²) in [5, 5.41) is 0. The zero-order valence-corrected chi connectivity index (χ0v) is 16.1. The molecule has 0 unspecified atom stereocenters. The maximum atomic E-state index is 2.54. The van der Waals surface area contributed by atoms with Crippen LogP contribution in [0.5, 0.6) is 0 Å². The van der Waals surface area contributed by atoms with Crippen LogP contribution < -0.4 is 0 Å². The zero-order chi connectivity index (χ0) is 13.8. The monoisotopic (exact) mass is 308 g/mol. The first-order valence-corrected chi connectivity index (χ1v) is 13.8. The van der Waals surface area contributed by atoms with E-state index in [0.717, 1.165) is 0 Å². The van der Waals surface area contributed by atoms with Crippen molar-refractivity contribution in [1.29, 1.82) is 0 Å². The van der Waals surface area contributed by atoms with Gasteiger partial charge in [0.2, 0.25) is 0 Å². The molecule has 0 nitrogen and oxygen atoms in total. The van der Waals surface area contributed by atoms with E-state index < -0.39 is 0 Å². The van der Waals surface area contributed by atoms with E-state index in [2.05, 4.69) is 34.4 Å². The second-order valence-corrected chi connectivity index (χ2v) is 13.8. The first-order valence-electron chi connectivity index (χ1n) is 7.81. The van der Waals surface area contributed by atoms with Gasteiger partial charge in [-0.1, -0.05) is 27.7 Å². The summed E-state index contributed by atoms with van der Waals surface area (Å²) < 4.78 is 0. The Kier molecular flexibility index (Phi) is 14.2. The third-order valence-electron chi connectivity index (χ3n) is 3.82. The molecule has 0 N–H and O–H groups in total. The van der Waals surface area contributed by atoms with Gasteiger partial charge in [-0.3, -0.25) is 0 Å². The van der Waals surface area contributed by atoms with Crippen LogP contribution in [0.15, 0.2) is 0 Å². The van der Waals surface area contributed by atoms with E-state index in [4.69, 9.17) is 0 Å². The van der Waals surface area contributed by atoms with Gasteiger partial charge in [-0.25, -0.2) is 0 Å². The van der Waals surface area contributed by atoms with Gasteiger partial charge in [-0.05, 0) is 68.8 Å². The van der Waals surface area contributed by atoms with Crippen LogP contribution >= 0.6 is 23.8 Å². The Hall–Kier alpha value is 1.29. The van der Waals surface area contributed by atoms with Crippen LogP contribution in [0.4, 0.5) is 0 Å². The van der Waals surface area contributed by atoms with Crippen molar-refractivity contribution >= 4 is 23.8 Å². The minimum absolute atomic E-state index is 0.359. The molecule has 0 bridgehead atoms. The van der Waals surface area contributed by atoms with Gasteiger partial charge < -0.3 is 0 Å². The smallest absolute Gasteiger partial charge is 0.0323 e. The van der Waals surface area contributed by atoms with Crippen molar-refractivity contribution in [3.05, 3.63) is 0 Å². The Morgan fingerprint density at radius 3 is 1.17 bits per heavy atom. The van der Waals surface area contributed by atoms with Crippen LogP contribution in [0.1, 0.15) is 40.5 Å². The molecule has 3 heteroatoms. The summed E-state index contributed by atoms with van der Waals surface area (Å²) in [5.74, 6) is 0. The third-order valence-corrected chi connectivity index (χ3v) is 11.5. The number of rotatable bonds is 12. The molecule has 18 heavy (non-hydrogen) atoms. The topological polar surface area (TPSA) is 0 Å². The molecule has 0 aromatic rings. The average Bonchev–Trinajstić information content (AvgIpc) is 2.40. The Bertz CT molecular complexity index is 147. The molecule has 0 aliphatic heterocycles. The molecule has 0 aliphatic carbocycles. The Morgan fingerprint density at radius 1 is 0.556 bits per heavy atom. The van der Waals surface area contributed by atoms with Crippen molar-refractivity contribution in [3.63, 3.8) is 0 Å². The fraction of sp³-hybridized carbons (Fsp3) is 1.00. The molecular weight excluding hydrogens is 273 g/mol. The van der Waals surface area contributed by atoms with E-state index in [1.165, 1.54) is 37.5 Å². The summed E-state index contributed by atoms with van der Waals surface area (Å²) in [6.45, 7) is 12.0. The highest BCUT2D eigenvalue weighted by Crippen LogP contribution is 2.40. The molecule has 0 rings (SSSR count). The molecule has 0 amide bonds. The summed E-state index contributed by atoms with van der Waals surface area (Å²) in [7, 11) is 1.16. The average molecular weight is 308 g/mol. The quantitative estimate of drug-likeness (QED) is 0.392. The van der Waals surface area contributed by atoms with Gasteiger partial charge in [-0.2, -0.15) is 0 Å². The lowest BCUT2D eigenvalue weighted by molar-refractivity contribution is 1.05. The number of hydrogen-bond donors (Lipinski definition) is 0. The van der Waals surface area contributed by atoms with Crippen LogP contribution in [0.25, 0.3) is 0 Å². The molecule has 0 atom stereocenters. The minimum Gasteiger partial charge on any atom is -0.110 e. The second kappa shape index (κ2) is 13.3. The van der Waals surface area contributed by atoms with Gasteiger partial charge in [-0.15, -0.1) is 23.8 Å². The Labute approximate surface area is 120 Å². The Balaban J connectivity index is 3.50. The number of hydrogen-bond acceptors (Lipinski definition) is 0. The van der Waals surface area contributed by atoms with Gasteiger partial charge >= 0.3 is 0 Å². The highest BCUT2D eigenvalue weighted by atomic mass is 31.1. The maximum absolute atomic E-state index is 2.54. The lowest BCUT2D eigenvalue weighted by Gasteiger charge is -2.17. The van der Waals surface area contributed by atoms with Crippen molar-refractivity contribution < 1.29 is 0 Å². The molecule has 0 aromatic heterocycles. The Morgan fingerprint density at radius 2 is 0.889 bits per heavy atom. The summed E-state index contributed by atoms with van der Waals surface area (Å²) in [6.07, 6.45) is 15.0. The van der Waals surface area contributed by atoms with Crippen LogP contribution in [0, 0.1) is 0 Å². The first kappa shape index (κ1) is 19.3. The standard InChI is InChI=1S/C15H35P3/c1-6-17(7-2)14-10-12-16(5)13-11-15-18(8-3)9-4/h6-15H2,1-5H3. The largest absolute Gasteiger partial charge is 0.110 e. The third kappa shape index (κ3) is 10.1. The van der Waals surface area contributed by atoms with Gasteiger partial charge in [0.25, 0.3) is 0 Å². The van der Waals surface area contributed by atoms with Gasteiger partial charge in [0.05, 0.1) is 0 Å². The highest BCUT2D eigenvalue weighted by molar-refractivity contribution is 7.58. The van der Waals surface area contributed by atoms with Gasteiger partial charge in [0.15, 0.2) is 0 Å². The van der Waals surface area contributed by atoms with Crippen molar-refractivity contribution in [2.45, 2.75) is 40.5 Å². The summed E-state index contributed by atoms with van der Waals surface area (Å²) >= 11 is 0. The van der Waals surface area contributed by atoms with Gasteiger partial charge in [0.1, 0.15) is 0 Å². The molecule has 0 spiro atoms. The normalized spacial score (nSPS) is 12.0. The highest BCUT2D eigenvalue weighted by Gasteiger charge is 2.07. The zero-order valence-electron chi connectivity index (χ0n) is 13.4. The van der Waals surface area contributed by atoms with E-state index in [9.17, 15) is 0 Å². The fourth-order valence-electron chi connectivity index (χ4n) is 2.32. The molecule has 0 radical (unpaired) electrons. The van der Waals surface area contributed by atoms with E-state index in [-0.39, 0.29) is 0 Å².